The van der Waals surface area contributed by atoms with Crippen LogP contribution in [-0.4, -0.2) is 28.9 Å². The van der Waals surface area contributed by atoms with Gasteiger partial charge in [-0.1, -0.05) is 19.9 Å². The van der Waals surface area contributed by atoms with E-state index in [2.05, 4.69) is 17.1 Å². The topological polar surface area (TPSA) is 33.2 Å². The molecule has 1 saturated heterocycles. The zero-order valence-electron chi connectivity index (χ0n) is 11.9. The predicted octanol–water partition coefficient (Wildman–Crippen LogP) is 3.14. The van der Waals surface area contributed by atoms with Gasteiger partial charge in [0.15, 0.2) is 0 Å². The standard InChI is InChI=1S/C13H18N2O.C2H6/c1-10-3-4-13(9-14-10)12-5-7-15(8-6-12)11(2)16;1-2/h3-4,9,12H,5-8H2,1-2H3;1-2H3. The first kappa shape index (κ1) is 14.7. The molecular weight excluding hydrogens is 224 g/mol. The van der Waals surface area contributed by atoms with Gasteiger partial charge in [-0.15, -0.1) is 0 Å². The van der Waals surface area contributed by atoms with Crippen LogP contribution in [0.15, 0.2) is 18.3 Å². The molecular formula is C15H24N2O. The summed E-state index contributed by atoms with van der Waals surface area (Å²) in [5, 5.41) is 0. The second kappa shape index (κ2) is 7.14. The van der Waals surface area contributed by atoms with Gasteiger partial charge in [0.2, 0.25) is 5.91 Å². The lowest BCUT2D eigenvalue weighted by molar-refractivity contribution is -0.129. The lowest BCUT2D eigenvalue weighted by Gasteiger charge is -2.31. The molecule has 1 amide bonds. The fraction of sp³-hybridized carbons (Fsp3) is 0.600. The number of nitrogens with zero attached hydrogens (tertiary/aromatic N) is 2. The van der Waals surface area contributed by atoms with Gasteiger partial charge in [-0.05, 0) is 37.3 Å². The van der Waals surface area contributed by atoms with Gasteiger partial charge in [0.05, 0.1) is 0 Å². The quantitative estimate of drug-likeness (QED) is 0.765. The Morgan fingerprint density at radius 1 is 1.28 bits per heavy atom. The third kappa shape index (κ3) is 3.83. The van der Waals surface area contributed by atoms with Gasteiger partial charge >= 0.3 is 0 Å². The van der Waals surface area contributed by atoms with E-state index in [4.69, 9.17) is 0 Å². The Morgan fingerprint density at radius 2 is 1.89 bits per heavy atom. The molecule has 0 unspecified atom stereocenters. The van der Waals surface area contributed by atoms with Crippen LogP contribution in [0.4, 0.5) is 0 Å². The second-order valence-corrected chi connectivity index (χ2v) is 4.51. The van der Waals surface area contributed by atoms with Crippen molar-refractivity contribution in [1.82, 2.24) is 9.88 Å². The van der Waals surface area contributed by atoms with E-state index in [1.807, 2.05) is 31.9 Å². The van der Waals surface area contributed by atoms with Crippen LogP contribution in [0.25, 0.3) is 0 Å². The largest absolute Gasteiger partial charge is 0.343 e. The molecule has 0 aromatic carbocycles. The number of likely N-dealkylation sites (tertiary alicyclic amines) is 1. The Labute approximate surface area is 110 Å². The first-order valence-corrected chi connectivity index (χ1v) is 6.85. The summed E-state index contributed by atoms with van der Waals surface area (Å²) in [4.78, 5) is 17.5. The minimum Gasteiger partial charge on any atom is -0.343 e. The summed E-state index contributed by atoms with van der Waals surface area (Å²) in [7, 11) is 0. The number of hydrogen-bond donors (Lipinski definition) is 0. The molecule has 1 aliphatic rings. The Balaban J connectivity index is 0.000000771. The van der Waals surface area contributed by atoms with Crippen molar-refractivity contribution in [3.63, 3.8) is 0 Å². The van der Waals surface area contributed by atoms with Crippen LogP contribution in [0.5, 0.6) is 0 Å². The van der Waals surface area contributed by atoms with Crippen LogP contribution in [-0.2, 0) is 4.79 Å². The molecule has 0 saturated carbocycles. The SMILES string of the molecule is CC.CC(=O)N1CCC(c2ccc(C)nc2)CC1. The van der Waals surface area contributed by atoms with Gasteiger partial charge in [0.25, 0.3) is 0 Å². The van der Waals surface area contributed by atoms with E-state index in [9.17, 15) is 4.79 Å². The number of carbonyl (C=O) groups excluding carboxylic acids is 1. The highest BCUT2D eigenvalue weighted by molar-refractivity contribution is 5.73. The van der Waals surface area contributed by atoms with Crippen molar-refractivity contribution in [3.8, 4) is 0 Å². The van der Waals surface area contributed by atoms with E-state index >= 15 is 0 Å². The number of rotatable bonds is 1. The van der Waals surface area contributed by atoms with Crippen molar-refractivity contribution in [2.75, 3.05) is 13.1 Å². The predicted molar refractivity (Wildman–Crippen MR) is 74.6 cm³/mol. The molecule has 2 rings (SSSR count). The molecule has 1 fully saturated rings. The molecule has 3 heteroatoms. The van der Waals surface area contributed by atoms with Gasteiger partial charge in [0, 0.05) is 31.9 Å². The highest BCUT2D eigenvalue weighted by atomic mass is 16.2. The molecule has 0 radical (unpaired) electrons. The summed E-state index contributed by atoms with van der Waals surface area (Å²) in [6.45, 7) is 9.41. The number of aromatic nitrogens is 1. The number of hydrogen-bond acceptors (Lipinski definition) is 2. The van der Waals surface area contributed by atoms with Crippen LogP contribution >= 0.6 is 0 Å². The molecule has 3 nitrogen and oxygen atoms in total. The van der Waals surface area contributed by atoms with Crippen molar-refractivity contribution in [2.45, 2.75) is 46.5 Å². The summed E-state index contributed by atoms with van der Waals surface area (Å²) in [6.07, 6.45) is 4.10. The van der Waals surface area contributed by atoms with E-state index in [0.29, 0.717) is 5.92 Å². The van der Waals surface area contributed by atoms with Crippen LogP contribution in [0.1, 0.15) is 50.8 Å². The highest BCUT2D eigenvalue weighted by Gasteiger charge is 2.21. The fourth-order valence-electron chi connectivity index (χ4n) is 2.25. The van der Waals surface area contributed by atoms with E-state index in [-0.39, 0.29) is 5.91 Å². The van der Waals surface area contributed by atoms with Crippen molar-refractivity contribution < 1.29 is 4.79 Å². The molecule has 18 heavy (non-hydrogen) atoms. The van der Waals surface area contributed by atoms with Gasteiger partial charge in [0.1, 0.15) is 0 Å². The number of carbonyl (C=O) groups is 1. The van der Waals surface area contributed by atoms with Gasteiger partial charge < -0.3 is 4.90 Å². The number of amides is 1. The molecule has 2 heterocycles. The molecule has 0 N–H and O–H groups in total. The maximum Gasteiger partial charge on any atom is 0.219 e. The zero-order chi connectivity index (χ0) is 13.5. The normalized spacial score (nSPS) is 15.9. The summed E-state index contributed by atoms with van der Waals surface area (Å²) in [6, 6.07) is 4.23. The molecule has 0 aliphatic carbocycles. The number of piperidine rings is 1. The number of pyridine rings is 1. The minimum absolute atomic E-state index is 0.195. The van der Waals surface area contributed by atoms with Crippen molar-refractivity contribution >= 4 is 5.91 Å². The molecule has 100 valence electrons. The lowest BCUT2D eigenvalue weighted by Crippen LogP contribution is -2.36. The van der Waals surface area contributed by atoms with Gasteiger partial charge in [-0.2, -0.15) is 0 Å². The molecule has 0 atom stereocenters. The zero-order valence-corrected chi connectivity index (χ0v) is 11.9. The third-order valence-electron chi connectivity index (χ3n) is 3.35. The molecule has 1 aliphatic heterocycles. The van der Waals surface area contributed by atoms with E-state index in [0.717, 1.165) is 31.6 Å². The van der Waals surface area contributed by atoms with Crippen LogP contribution in [0.2, 0.25) is 0 Å². The molecule has 1 aromatic rings. The summed E-state index contributed by atoms with van der Waals surface area (Å²) in [5.74, 6) is 0.768. The third-order valence-corrected chi connectivity index (χ3v) is 3.35. The Bertz CT molecular complexity index is 365. The van der Waals surface area contributed by atoms with Gasteiger partial charge in [-0.3, -0.25) is 9.78 Å². The van der Waals surface area contributed by atoms with E-state index in [1.165, 1.54) is 5.56 Å². The Kier molecular flexibility index (Phi) is 5.83. The number of aryl methyl sites for hydroxylation is 1. The van der Waals surface area contributed by atoms with Crippen molar-refractivity contribution in [3.05, 3.63) is 29.6 Å². The average molecular weight is 248 g/mol. The monoisotopic (exact) mass is 248 g/mol. The van der Waals surface area contributed by atoms with Crippen LogP contribution in [0, 0.1) is 6.92 Å². The highest BCUT2D eigenvalue weighted by Crippen LogP contribution is 2.27. The molecule has 0 spiro atoms. The average Bonchev–Trinajstić information content (AvgIpc) is 2.42. The first-order chi connectivity index (χ1) is 8.66. The summed E-state index contributed by atoms with van der Waals surface area (Å²) >= 11 is 0. The van der Waals surface area contributed by atoms with Crippen molar-refractivity contribution in [2.24, 2.45) is 0 Å². The second-order valence-electron chi connectivity index (χ2n) is 4.51. The van der Waals surface area contributed by atoms with Crippen LogP contribution < -0.4 is 0 Å². The van der Waals surface area contributed by atoms with E-state index in [1.54, 1.807) is 6.92 Å². The smallest absolute Gasteiger partial charge is 0.219 e. The first-order valence-electron chi connectivity index (χ1n) is 6.85. The summed E-state index contributed by atoms with van der Waals surface area (Å²) < 4.78 is 0. The van der Waals surface area contributed by atoms with Gasteiger partial charge in [-0.25, -0.2) is 0 Å². The maximum atomic E-state index is 11.2. The fourth-order valence-corrected chi connectivity index (χ4v) is 2.25. The summed E-state index contributed by atoms with van der Waals surface area (Å²) in [5.41, 5.74) is 2.37. The lowest BCUT2D eigenvalue weighted by atomic mass is 9.90. The van der Waals surface area contributed by atoms with E-state index < -0.39 is 0 Å². The Morgan fingerprint density at radius 3 is 2.33 bits per heavy atom. The molecule has 0 bridgehead atoms. The Hall–Kier alpha value is -1.38. The maximum absolute atomic E-state index is 11.2. The van der Waals surface area contributed by atoms with Crippen molar-refractivity contribution in [1.29, 1.82) is 0 Å². The van der Waals surface area contributed by atoms with Crippen LogP contribution in [0.3, 0.4) is 0 Å². The minimum atomic E-state index is 0.195. The molecule has 1 aromatic heterocycles.